The number of rotatable bonds is 4. The third-order valence-electron chi connectivity index (χ3n) is 6.98. The molecule has 4 fully saturated rings. The highest BCUT2D eigenvalue weighted by Crippen LogP contribution is 2.61. The highest BCUT2D eigenvalue weighted by atomic mass is 79.9. The van der Waals surface area contributed by atoms with Crippen molar-refractivity contribution in [2.75, 3.05) is 7.11 Å². The van der Waals surface area contributed by atoms with Crippen molar-refractivity contribution in [1.82, 2.24) is 10.6 Å². The molecule has 0 heterocycles. The van der Waals surface area contributed by atoms with Crippen LogP contribution in [0.3, 0.4) is 0 Å². The number of nitrogens with one attached hydrogen (secondary N) is 2. The molecule has 1 aromatic carbocycles. The molecule has 0 saturated heterocycles. The Kier molecular flexibility index (Phi) is 5.23. The molecule has 5 rings (SSSR count). The van der Waals surface area contributed by atoms with E-state index in [1.807, 2.05) is 6.07 Å². The lowest BCUT2D eigenvalue weighted by molar-refractivity contribution is -0.0672. The van der Waals surface area contributed by atoms with Crippen LogP contribution >= 0.6 is 28.1 Å². The number of hydrogen-bond acceptors (Lipinski definition) is 3. The van der Waals surface area contributed by atoms with Crippen molar-refractivity contribution < 1.29 is 9.53 Å². The lowest BCUT2D eigenvalue weighted by Crippen LogP contribution is -2.57. The van der Waals surface area contributed by atoms with Crippen LogP contribution in [-0.2, 0) is 0 Å². The van der Waals surface area contributed by atoms with Crippen molar-refractivity contribution in [3.05, 3.63) is 28.2 Å². The summed E-state index contributed by atoms with van der Waals surface area (Å²) in [4.78, 5) is 12.7. The summed E-state index contributed by atoms with van der Waals surface area (Å²) in [5, 5.41) is 6.69. The van der Waals surface area contributed by atoms with E-state index >= 15 is 0 Å². The van der Waals surface area contributed by atoms with E-state index in [0.717, 1.165) is 22.2 Å². The van der Waals surface area contributed by atoms with Crippen molar-refractivity contribution in [2.24, 2.45) is 23.2 Å². The van der Waals surface area contributed by atoms with Gasteiger partial charge in [0.15, 0.2) is 5.11 Å². The van der Waals surface area contributed by atoms with Crippen molar-refractivity contribution >= 4 is 39.2 Å². The third-order valence-corrected chi connectivity index (χ3v) is 7.70. The number of ether oxygens (including phenoxy) is 1. The van der Waals surface area contributed by atoms with Crippen molar-refractivity contribution in [3.8, 4) is 5.75 Å². The molecule has 4 aliphatic carbocycles. The van der Waals surface area contributed by atoms with E-state index in [0.29, 0.717) is 21.8 Å². The SMILES string of the molecule is COc1ccc(Br)cc1C(=O)NC(=S)NC(C)C12CC3CC(CC(C3)C1)C2. The lowest BCUT2D eigenvalue weighted by Gasteiger charge is -2.59. The van der Waals surface area contributed by atoms with Gasteiger partial charge in [0.25, 0.3) is 5.91 Å². The lowest BCUT2D eigenvalue weighted by atomic mass is 9.48. The van der Waals surface area contributed by atoms with E-state index in [4.69, 9.17) is 17.0 Å². The zero-order valence-electron chi connectivity index (χ0n) is 15.9. The van der Waals surface area contributed by atoms with Crippen LogP contribution in [0, 0.1) is 23.2 Å². The van der Waals surface area contributed by atoms with Crippen LogP contribution in [0.1, 0.15) is 55.8 Å². The maximum Gasteiger partial charge on any atom is 0.261 e. The topological polar surface area (TPSA) is 50.4 Å². The quantitative estimate of drug-likeness (QED) is 0.654. The molecule has 4 nitrogen and oxygen atoms in total. The zero-order valence-corrected chi connectivity index (χ0v) is 18.3. The van der Waals surface area contributed by atoms with Gasteiger partial charge in [-0.1, -0.05) is 15.9 Å². The predicted molar refractivity (Wildman–Crippen MR) is 114 cm³/mol. The first kappa shape index (κ1) is 19.2. The maximum absolute atomic E-state index is 12.7. The summed E-state index contributed by atoms with van der Waals surface area (Å²) < 4.78 is 6.13. The number of carbonyl (C=O) groups excluding carboxylic acids is 1. The van der Waals surface area contributed by atoms with Crippen LogP contribution in [0.25, 0.3) is 0 Å². The van der Waals surface area contributed by atoms with Gasteiger partial charge in [0, 0.05) is 10.5 Å². The Morgan fingerprint density at radius 3 is 2.37 bits per heavy atom. The highest BCUT2D eigenvalue weighted by Gasteiger charge is 2.53. The van der Waals surface area contributed by atoms with Gasteiger partial charge in [-0.15, -0.1) is 0 Å². The molecule has 1 unspecified atom stereocenters. The van der Waals surface area contributed by atoms with Crippen LogP contribution in [0.4, 0.5) is 0 Å². The molecular weight excluding hydrogens is 424 g/mol. The van der Waals surface area contributed by atoms with Gasteiger partial charge in [0.2, 0.25) is 0 Å². The number of hydrogen-bond donors (Lipinski definition) is 2. The Morgan fingerprint density at radius 2 is 1.81 bits per heavy atom. The van der Waals surface area contributed by atoms with E-state index in [1.54, 1.807) is 19.2 Å². The average Bonchev–Trinajstić information content (AvgIpc) is 2.60. The molecule has 4 saturated carbocycles. The smallest absolute Gasteiger partial charge is 0.261 e. The minimum absolute atomic E-state index is 0.247. The first-order valence-electron chi connectivity index (χ1n) is 9.84. The summed E-state index contributed by atoms with van der Waals surface area (Å²) in [6.07, 6.45) is 8.21. The van der Waals surface area contributed by atoms with E-state index in [2.05, 4.69) is 33.5 Å². The van der Waals surface area contributed by atoms with E-state index < -0.39 is 0 Å². The average molecular weight is 451 g/mol. The predicted octanol–water partition coefficient (Wildman–Crippen LogP) is 4.67. The van der Waals surface area contributed by atoms with Gasteiger partial charge >= 0.3 is 0 Å². The highest BCUT2D eigenvalue weighted by molar-refractivity contribution is 9.10. The van der Waals surface area contributed by atoms with Crippen molar-refractivity contribution in [3.63, 3.8) is 0 Å². The Hall–Kier alpha value is -1.14. The fourth-order valence-electron chi connectivity index (χ4n) is 6.12. The van der Waals surface area contributed by atoms with E-state index in [1.165, 1.54) is 38.5 Å². The van der Waals surface area contributed by atoms with Gasteiger partial charge in [-0.05, 0) is 99.0 Å². The molecule has 146 valence electrons. The molecule has 2 N–H and O–H groups in total. The van der Waals surface area contributed by atoms with Gasteiger partial charge < -0.3 is 10.1 Å². The van der Waals surface area contributed by atoms with Crippen LogP contribution in [0.15, 0.2) is 22.7 Å². The number of benzene rings is 1. The number of carbonyl (C=O) groups is 1. The minimum atomic E-state index is -0.247. The monoisotopic (exact) mass is 450 g/mol. The minimum Gasteiger partial charge on any atom is -0.496 e. The largest absolute Gasteiger partial charge is 0.496 e. The number of amides is 1. The van der Waals surface area contributed by atoms with Gasteiger partial charge in [0.05, 0.1) is 12.7 Å². The second-order valence-electron chi connectivity index (χ2n) is 8.77. The molecule has 0 aromatic heterocycles. The van der Waals surface area contributed by atoms with Gasteiger partial charge in [-0.2, -0.15) is 0 Å². The fourth-order valence-corrected chi connectivity index (χ4v) is 6.75. The maximum atomic E-state index is 12.7. The second kappa shape index (κ2) is 7.36. The van der Waals surface area contributed by atoms with Crippen LogP contribution in [-0.4, -0.2) is 24.2 Å². The number of halogens is 1. The van der Waals surface area contributed by atoms with Crippen molar-refractivity contribution in [1.29, 1.82) is 0 Å². The molecule has 0 radical (unpaired) electrons. The zero-order chi connectivity index (χ0) is 19.2. The van der Waals surface area contributed by atoms with E-state index in [-0.39, 0.29) is 11.9 Å². The molecule has 1 amide bonds. The summed E-state index contributed by atoms with van der Waals surface area (Å²) >= 11 is 8.88. The molecule has 1 atom stereocenters. The summed E-state index contributed by atoms with van der Waals surface area (Å²) in [6.45, 7) is 2.24. The summed E-state index contributed by atoms with van der Waals surface area (Å²) in [7, 11) is 1.56. The first-order valence-corrected chi connectivity index (χ1v) is 11.0. The molecule has 0 aliphatic heterocycles. The second-order valence-corrected chi connectivity index (χ2v) is 10.1. The van der Waals surface area contributed by atoms with Crippen molar-refractivity contribution in [2.45, 2.75) is 51.5 Å². The Bertz CT molecular complexity index is 731. The fraction of sp³-hybridized carbons (Fsp3) is 0.619. The standard InChI is InChI=1S/C21H27BrN2O2S/c1-12(21-9-13-5-14(10-21)7-15(6-13)11-21)23-20(27)24-19(25)17-8-16(22)3-4-18(17)26-2/h3-4,8,12-15H,5-7,9-11H2,1-2H3,(H2,23,24,25,27). The van der Waals surface area contributed by atoms with Gasteiger partial charge in [0.1, 0.15) is 5.75 Å². The molecule has 1 aromatic rings. The Morgan fingerprint density at radius 1 is 1.22 bits per heavy atom. The van der Waals surface area contributed by atoms with E-state index in [9.17, 15) is 4.79 Å². The Balaban J connectivity index is 1.41. The number of methoxy groups -OCH3 is 1. The summed E-state index contributed by atoms with van der Waals surface area (Å²) in [5.74, 6) is 2.98. The Labute approximate surface area is 174 Å². The third kappa shape index (κ3) is 3.75. The molecule has 4 aliphatic rings. The van der Waals surface area contributed by atoms with Crippen LogP contribution < -0.4 is 15.4 Å². The normalized spacial score (nSPS) is 32.0. The molecule has 6 heteroatoms. The van der Waals surface area contributed by atoms with Crippen LogP contribution in [0.2, 0.25) is 0 Å². The molecule has 27 heavy (non-hydrogen) atoms. The molecule has 4 bridgehead atoms. The van der Waals surface area contributed by atoms with Crippen LogP contribution in [0.5, 0.6) is 5.75 Å². The summed E-state index contributed by atoms with van der Waals surface area (Å²) in [5.41, 5.74) is 0.815. The first-order chi connectivity index (χ1) is 12.9. The van der Waals surface area contributed by atoms with Gasteiger partial charge in [-0.25, -0.2) is 0 Å². The number of thiocarbonyl (C=S) groups is 1. The van der Waals surface area contributed by atoms with Gasteiger partial charge in [-0.3, -0.25) is 10.1 Å². The molecular formula is C21H27BrN2O2S. The molecule has 0 spiro atoms. The summed E-state index contributed by atoms with van der Waals surface area (Å²) in [6, 6.07) is 5.65.